The summed E-state index contributed by atoms with van der Waals surface area (Å²) in [6.07, 6.45) is 1.43. The molecule has 1 heterocycles. The average molecular weight is 618 g/mol. The molecule has 0 bridgehead atoms. The Morgan fingerprint density at radius 1 is 0.932 bits per heavy atom. The number of nitrogens with one attached hydrogen (secondary N) is 1. The van der Waals surface area contributed by atoms with Crippen LogP contribution in [-0.4, -0.2) is 59.9 Å². The van der Waals surface area contributed by atoms with Gasteiger partial charge in [0.25, 0.3) is 5.91 Å². The minimum absolute atomic E-state index is 0.0184. The summed E-state index contributed by atoms with van der Waals surface area (Å²) in [7, 11) is 4.50. The summed E-state index contributed by atoms with van der Waals surface area (Å²) in [5.41, 5.74) is 6.03. The maximum atomic E-state index is 12.7. The van der Waals surface area contributed by atoms with E-state index in [4.69, 9.17) is 18.9 Å². The fraction of sp³-hybridized carbons (Fsp3) is 0.281. The second-order valence-corrected chi connectivity index (χ2v) is 11.5. The number of thioether (sulfide) groups is 1. The molecule has 1 aromatic heterocycles. The molecule has 4 aromatic rings. The molecule has 11 nitrogen and oxygen atoms in total. The monoisotopic (exact) mass is 617 g/mol. The first-order chi connectivity index (χ1) is 21.0. The van der Waals surface area contributed by atoms with Gasteiger partial charge in [-0.2, -0.15) is 5.10 Å². The topological polar surface area (TPSA) is 126 Å². The molecular formula is C32H35N5O6S. The first-order valence-electron chi connectivity index (χ1n) is 13.6. The zero-order chi connectivity index (χ0) is 31.9. The fourth-order valence-electron chi connectivity index (χ4n) is 4.19. The highest BCUT2D eigenvalue weighted by Gasteiger charge is 2.20. The van der Waals surface area contributed by atoms with Gasteiger partial charge in [-0.1, -0.05) is 56.8 Å². The molecule has 0 aliphatic rings. The number of amides is 1. The number of nitrogens with zero attached hydrogens (tertiary/aromatic N) is 4. The molecule has 0 unspecified atom stereocenters. The molecule has 12 heteroatoms. The molecule has 0 atom stereocenters. The molecule has 4 rings (SSSR count). The number of esters is 1. The molecule has 0 saturated carbocycles. The number of carbonyl (C=O) groups excluding carboxylic acids is 2. The van der Waals surface area contributed by atoms with E-state index in [-0.39, 0.29) is 34.3 Å². The lowest BCUT2D eigenvalue weighted by molar-refractivity contribution is -0.132. The maximum Gasteiger partial charge on any atom is 0.308 e. The number of rotatable bonds is 11. The van der Waals surface area contributed by atoms with Gasteiger partial charge < -0.3 is 18.9 Å². The molecule has 0 aliphatic carbocycles. The average Bonchev–Trinajstić information content (AvgIpc) is 3.43. The molecule has 0 fully saturated rings. The van der Waals surface area contributed by atoms with Crippen molar-refractivity contribution < 1.29 is 28.5 Å². The predicted molar refractivity (Wildman–Crippen MR) is 169 cm³/mol. The van der Waals surface area contributed by atoms with Crippen LogP contribution in [0.3, 0.4) is 0 Å². The van der Waals surface area contributed by atoms with Crippen LogP contribution in [0.25, 0.3) is 17.1 Å². The van der Waals surface area contributed by atoms with E-state index in [9.17, 15) is 9.59 Å². The Morgan fingerprint density at radius 3 is 2.11 bits per heavy atom. The number of carbonyl (C=O) groups is 2. The van der Waals surface area contributed by atoms with Crippen LogP contribution in [-0.2, 0) is 15.0 Å². The third kappa shape index (κ3) is 7.75. The molecule has 1 amide bonds. The van der Waals surface area contributed by atoms with Crippen LogP contribution in [0.4, 0.5) is 0 Å². The lowest BCUT2D eigenvalue weighted by Crippen LogP contribution is -2.20. The summed E-state index contributed by atoms with van der Waals surface area (Å²) >= 11 is 1.23. The zero-order valence-electron chi connectivity index (χ0n) is 25.7. The maximum absolute atomic E-state index is 12.7. The zero-order valence-corrected chi connectivity index (χ0v) is 26.5. The summed E-state index contributed by atoms with van der Waals surface area (Å²) in [4.78, 5) is 24.2. The highest BCUT2D eigenvalue weighted by atomic mass is 32.2. The van der Waals surface area contributed by atoms with Gasteiger partial charge in [0.2, 0.25) is 5.75 Å². The van der Waals surface area contributed by atoms with E-state index in [1.807, 2.05) is 41.0 Å². The Labute approximate surface area is 260 Å². The molecule has 44 heavy (non-hydrogen) atoms. The van der Waals surface area contributed by atoms with Gasteiger partial charge in [0.05, 0.1) is 33.3 Å². The van der Waals surface area contributed by atoms with Crippen LogP contribution in [0.5, 0.6) is 23.0 Å². The Bertz CT molecular complexity index is 1620. The van der Waals surface area contributed by atoms with Crippen LogP contribution >= 0.6 is 11.8 Å². The van der Waals surface area contributed by atoms with Crippen molar-refractivity contribution in [3.8, 4) is 40.1 Å². The van der Waals surface area contributed by atoms with Crippen molar-refractivity contribution in [3.05, 3.63) is 71.8 Å². The largest absolute Gasteiger partial charge is 0.497 e. The van der Waals surface area contributed by atoms with Gasteiger partial charge in [-0.25, -0.2) is 5.43 Å². The SMILES string of the molecule is COc1ccc(-n2c(SCC(=O)NN=Cc3cc(OC)c(OC(C)=O)c(OC)c3)nnc2-c2ccc(C(C)(C)C)cc2)cc1. The molecular weight excluding hydrogens is 582 g/mol. The van der Waals surface area contributed by atoms with Crippen molar-refractivity contribution in [1.29, 1.82) is 0 Å². The lowest BCUT2D eigenvalue weighted by atomic mass is 9.87. The molecule has 0 aliphatic heterocycles. The summed E-state index contributed by atoms with van der Waals surface area (Å²) in [5.74, 6) is 1.27. The first kappa shape index (κ1) is 32.1. The van der Waals surface area contributed by atoms with E-state index in [1.54, 1.807) is 19.2 Å². The number of ether oxygens (including phenoxy) is 4. The number of hydrogen-bond acceptors (Lipinski definition) is 10. The summed E-state index contributed by atoms with van der Waals surface area (Å²) in [6, 6.07) is 19.0. The predicted octanol–water partition coefficient (Wildman–Crippen LogP) is 5.43. The third-order valence-electron chi connectivity index (χ3n) is 6.44. The molecule has 0 saturated heterocycles. The highest BCUT2D eigenvalue weighted by molar-refractivity contribution is 7.99. The molecule has 230 valence electrons. The standard InChI is InChI=1S/C32H35N5O6S/c1-20(38)43-29-26(41-6)16-21(17-27(29)42-7)18-33-34-28(39)19-44-31-36-35-30(22-8-10-23(11-9-22)32(2,3)4)37(31)24-12-14-25(40-5)15-13-24/h8-18H,19H2,1-7H3,(H,34,39). The lowest BCUT2D eigenvalue weighted by Gasteiger charge is -2.19. The summed E-state index contributed by atoms with van der Waals surface area (Å²) < 4.78 is 23.1. The van der Waals surface area contributed by atoms with Crippen LogP contribution in [0.1, 0.15) is 38.8 Å². The van der Waals surface area contributed by atoms with Crippen molar-refractivity contribution >= 4 is 29.9 Å². The Morgan fingerprint density at radius 2 is 1.57 bits per heavy atom. The number of hydrazone groups is 1. The number of methoxy groups -OCH3 is 3. The van der Waals surface area contributed by atoms with Gasteiger partial charge in [-0.3, -0.25) is 14.2 Å². The second-order valence-electron chi connectivity index (χ2n) is 10.6. The Balaban J connectivity index is 1.52. The van der Waals surface area contributed by atoms with Crippen molar-refractivity contribution in [2.75, 3.05) is 27.1 Å². The fourth-order valence-corrected chi connectivity index (χ4v) is 4.94. The van der Waals surface area contributed by atoms with Crippen molar-refractivity contribution in [2.24, 2.45) is 5.10 Å². The third-order valence-corrected chi connectivity index (χ3v) is 7.37. The molecule has 0 spiro atoms. The van der Waals surface area contributed by atoms with Crippen LogP contribution in [0.15, 0.2) is 70.9 Å². The van der Waals surface area contributed by atoms with Gasteiger partial charge in [-0.15, -0.1) is 10.2 Å². The van der Waals surface area contributed by atoms with E-state index in [0.717, 1.165) is 17.0 Å². The Kier molecular flexibility index (Phi) is 10.3. The van der Waals surface area contributed by atoms with Gasteiger partial charge >= 0.3 is 5.97 Å². The van der Waals surface area contributed by atoms with E-state index < -0.39 is 5.97 Å². The van der Waals surface area contributed by atoms with Crippen LogP contribution in [0, 0.1) is 0 Å². The van der Waals surface area contributed by atoms with Gasteiger partial charge in [0.1, 0.15) is 5.75 Å². The van der Waals surface area contributed by atoms with Crippen molar-refractivity contribution in [3.63, 3.8) is 0 Å². The van der Waals surface area contributed by atoms with E-state index in [0.29, 0.717) is 16.5 Å². The number of aromatic nitrogens is 3. The quantitative estimate of drug-likeness (QED) is 0.0771. The van der Waals surface area contributed by atoms with Crippen LogP contribution < -0.4 is 24.4 Å². The van der Waals surface area contributed by atoms with Gasteiger partial charge in [0, 0.05) is 23.7 Å². The van der Waals surface area contributed by atoms with E-state index in [1.165, 1.54) is 44.7 Å². The molecule has 0 radical (unpaired) electrons. The molecule has 3 aromatic carbocycles. The molecule has 1 N–H and O–H groups in total. The van der Waals surface area contributed by atoms with Crippen LogP contribution in [0.2, 0.25) is 0 Å². The Hall–Kier alpha value is -4.84. The van der Waals surface area contributed by atoms with Gasteiger partial charge in [0.15, 0.2) is 22.5 Å². The second kappa shape index (κ2) is 14.1. The van der Waals surface area contributed by atoms with Crippen molar-refractivity contribution in [1.82, 2.24) is 20.2 Å². The van der Waals surface area contributed by atoms with E-state index in [2.05, 4.69) is 53.6 Å². The highest BCUT2D eigenvalue weighted by Crippen LogP contribution is 2.38. The van der Waals surface area contributed by atoms with Gasteiger partial charge in [-0.05, 0) is 47.4 Å². The van der Waals surface area contributed by atoms with Crippen molar-refractivity contribution in [2.45, 2.75) is 38.3 Å². The first-order valence-corrected chi connectivity index (χ1v) is 14.6. The minimum Gasteiger partial charge on any atom is -0.497 e. The summed E-state index contributed by atoms with van der Waals surface area (Å²) in [6.45, 7) is 7.79. The minimum atomic E-state index is -0.513. The smallest absolute Gasteiger partial charge is 0.308 e. The number of hydrogen-bond donors (Lipinski definition) is 1. The number of benzene rings is 3. The van der Waals surface area contributed by atoms with E-state index >= 15 is 0 Å². The normalized spacial score (nSPS) is 11.3. The summed E-state index contributed by atoms with van der Waals surface area (Å²) in [5, 5.41) is 13.5.